The Balaban J connectivity index is 1.41. The molecule has 0 spiro atoms. The Kier molecular flexibility index (Phi) is 7.83. The van der Waals surface area contributed by atoms with Crippen LogP contribution in [0.3, 0.4) is 0 Å². The lowest BCUT2D eigenvalue weighted by Crippen LogP contribution is -2.70. The van der Waals surface area contributed by atoms with Gasteiger partial charge in [0, 0.05) is 19.6 Å². The zero-order valence-corrected chi connectivity index (χ0v) is 20.6. The van der Waals surface area contributed by atoms with Crippen LogP contribution in [0.15, 0.2) is 60.7 Å². The predicted molar refractivity (Wildman–Crippen MR) is 131 cm³/mol. The summed E-state index contributed by atoms with van der Waals surface area (Å²) in [6.45, 7) is 4.27. The van der Waals surface area contributed by atoms with Crippen molar-refractivity contribution in [2.24, 2.45) is 0 Å². The molecule has 0 bridgehead atoms. The Morgan fingerprint density at radius 3 is 2.24 bits per heavy atom. The number of amides is 6. The molecule has 2 fully saturated rings. The standard InChI is InChI=1S/C26H29N5O6/c1-3-29-14-15-30(25(35)24(29)34)26(36)28-21(19-12-8-5-9-13-19)22(32)27-20-17(2)31(23(20)33)37-16-18-10-6-4-7-11-18/h4-13,17,20-21H,3,14-16H2,1-2H3,(H,27,32)(H,28,36)/t17-,20-,21?/m0/s1. The van der Waals surface area contributed by atoms with Gasteiger partial charge in [-0.25, -0.2) is 9.86 Å². The number of β-lactam (4-membered cyclic amide) rings is 1. The lowest BCUT2D eigenvalue weighted by atomic mass is 9.98. The first kappa shape index (κ1) is 25.8. The zero-order chi connectivity index (χ0) is 26.5. The molecule has 0 radical (unpaired) electrons. The number of hydrogen-bond donors (Lipinski definition) is 2. The number of urea groups is 1. The molecule has 3 atom stereocenters. The van der Waals surface area contributed by atoms with Gasteiger partial charge in [0.25, 0.3) is 5.91 Å². The van der Waals surface area contributed by atoms with Gasteiger partial charge < -0.3 is 15.5 Å². The minimum atomic E-state index is -1.19. The summed E-state index contributed by atoms with van der Waals surface area (Å²) in [6, 6.07) is 14.5. The van der Waals surface area contributed by atoms with E-state index in [-0.39, 0.29) is 19.7 Å². The normalized spacial score (nSPS) is 20.4. The molecule has 11 nitrogen and oxygen atoms in total. The highest BCUT2D eigenvalue weighted by Gasteiger charge is 2.47. The maximum Gasteiger partial charge on any atom is 0.325 e. The summed E-state index contributed by atoms with van der Waals surface area (Å²) in [5.41, 5.74) is 1.35. The molecule has 2 saturated heterocycles. The third kappa shape index (κ3) is 5.46. The second-order valence-corrected chi connectivity index (χ2v) is 8.78. The number of likely N-dealkylation sites (N-methyl/N-ethyl adjacent to an activating group) is 1. The van der Waals surface area contributed by atoms with Crippen LogP contribution in [-0.2, 0) is 30.6 Å². The Labute approximate surface area is 214 Å². The lowest BCUT2D eigenvalue weighted by molar-refractivity contribution is -0.237. The van der Waals surface area contributed by atoms with Gasteiger partial charge in [0.15, 0.2) is 0 Å². The Hall–Kier alpha value is -4.25. The van der Waals surface area contributed by atoms with E-state index in [9.17, 15) is 24.0 Å². The highest BCUT2D eigenvalue weighted by atomic mass is 16.7. The number of nitrogens with one attached hydrogen (secondary N) is 2. The second kappa shape index (κ2) is 11.2. The molecular weight excluding hydrogens is 478 g/mol. The molecule has 0 saturated carbocycles. The number of benzene rings is 2. The summed E-state index contributed by atoms with van der Waals surface area (Å²) < 4.78 is 0. The number of nitrogens with zero attached hydrogens (tertiary/aromatic N) is 3. The molecule has 2 aliphatic heterocycles. The predicted octanol–water partition coefficient (Wildman–Crippen LogP) is 0.975. The maximum atomic E-state index is 13.3. The van der Waals surface area contributed by atoms with E-state index in [1.807, 2.05) is 30.3 Å². The van der Waals surface area contributed by atoms with Gasteiger partial charge in [-0.1, -0.05) is 60.7 Å². The SMILES string of the molecule is CCN1CCN(C(=O)NC(C(=O)N[C@@H]2C(=O)N(OCc3ccccc3)[C@H]2C)c2ccccc2)C(=O)C1=O. The van der Waals surface area contributed by atoms with Crippen molar-refractivity contribution in [3.05, 3.63) is 71.8 Å². The largest absolute Gasteiger partial charge is 0.340 e. The topological polar surface area (TPSA) is 128 Å². The molecule has 4 rings (SSSR count). The van der Waals surface area contributed by atoms with Crippen LogP contribution in [-0.4, -0.2) is 76.2 Å². The number of carbonyl (C=O) groups excluding carboxylic acids is 5. The number of hydrogen-bond acceptors (Lipinski definition) is 6. The number of rotatable bonds is 8. The van der Waals surface area contributed by atoms with E-state index in [1.165, 1.54) is 9.96 Å². The van der Waals surface area contributed by atoms with E-state index in [1.54, 1.807) is 44.2 Å². The van der Waals surface area contributed by atoms with Crippen LogP contribution in [0.1, 0.15) is 31.0 Å². The summed E-state index contributed by atoms with van der Waals surface area (Å²) in [7, 11) is 0. The zero-order valence-electron chi connectivity index (χ0n) is 20.6. The molecule has 11 heteroatoms. The highest BCUT2D eigenvalue weighted by molar-refractivity contribution is 6.38. The van der Waals surface area contributed by atoms with Crippen molar-refractivity contribution in [1.29, 1.82) is 0 Å². The smallest absolute Gasteiger partial charge is 0.325 e. The van der Waals surface area contributed by atoms with Crippen LogP contribution in [0, 0.1) is 0 Å². The molecule has 194 valence electrons. The van der Waals surface area contributed by atoms with Gasteiger partial charge in [0.05, 0.1) is 6.04 Å². The molecule has 6 amide bonds. The number of carbonyl (C=O) groups is 5. The molecule has 1 unspecified atom stereocenters. The van der Waals surface area contributed by atoms with Gasteiger partial charge in [0.1, 0.15) is 18.7 Å². The molecule has 37 heavy (non-hydrogen) atoms. The van der Waals surface area contributed by atoms with Crippen molar-refractivity contribution in [3.63, 3.8) is 0 Å². The fourth-order valence-electron chi connectivity index (χ4n) is 4.23. The monoisotopic (exact) mass is 507 g/mol. The van der Waals surface area contributed by atoms with E-state index >= 15 is 0 Å². The van der Waals surface area contributed by atoms with Crippen LogP contribution in [0.4, 0.5) is 4.79 Å². The minimum Gasteiger partial charge on any atom is -0.340 e. The third-order valence-electron chi connectivity index (χ3n) is 6.45. The number of piperazine rings is 1. The van der Waals surface area contributed by atoms with Crippen LogP contribution in [0.5, 0.6) is 0 Å². The molecule has 0 aromatic heterocycles. The van der Waals surface area contributed by atoms with Crippen LogP contribution < -0.4 is 10.6 Å². The Morgan fingerprint density at radius 1 is 0.973 bits per heavy atom. The first-order valence-corrected chi connectivity index (χ1v) is 12.1. The van der Waals surface area contributed by atoms with Crippen molar-refractivity contribution < 1.29 is 28.8 Å². The van der Waals surface area contributed by atoms with Gasteiger partial charge in [-0.05, 0) is 25.0 Å². The fourth-order valence-corrected chi connectivity index (χ4v) is 4.23. The molecule has 0 aliphatic carbocycles. The van der Waals surface area contributed by atoms with E-state index in [2.05, 4.69) is 10.6 Å². The summed E-state index contributed by atoms with van der Waals surface area (Å²) in [6.07, 6.45) is 0. The molecule has 2 heterocycles. The van der Waals surface area contributed by atoms with Crippen molar-refractivity contribution in [2.75, 3.05) is 19.6 Å². The van der Waals surface area contributed by atoms with Gasteiger partial charge >= 0.3 is 17.8 Å². The first-order valence-electron chi connectivity index (χ1n) is 12.1. The Bertz CT molecular complexity index is 1170. The van der Waals surface area contributed by atoms with Crippen molar-refractivity contribution in [2.45, 2.75) is 38.6 Å². The molecule has 2 aromatic carbocycles. The van der Waals surface area contributed by atoms with Crippen LogP contribution >= 0.6 is 0 Å². The average molecular weight is 508 g/mol. The molecule has 2 aliphatic rings. The van der Waals surface area contributed by atoms with E-state index in [0.717, 1.165) is 10.5 Å². The minimum absolute atomic E-state index is 0.0131. The number of hydroxylamine groups is 2. The van der Waals surface area contributed by atoms with Gasteiger partial charge in [0.2, 0.25) is 5.91 Å². The molecule has 2 N–H and O–H groups in total. The van der Waals surface area contributed by atoms with E-state index < -0.39 is 47.8 Å². The number of imide groups is 1. The quantitative estimate of drug-likeness (QED) is 0.405. The summed E-state index contributed by atoms with van der Waals surface area (Å²) in [4.78, 5) is 71.4. The maximum absolute atomic E-state index is 13.3. The van der Waals surface area contributed by atoms with E-state index in [4.69, 9.17) is 4.84 Å². The molecular formula is C26H29N5O6. The third-order valence-corrected chi connectivity index (χ3v) is 6.45. The Morgan fingerprint density at radius 2 is 1.62 bits per heavy atom. The fraction of sp³-hybridized carbons (Fsp3) is 0.346. The highest BCUT2D eigenvalue weighted by Crippen LogP contribution is 2.23. The lowest BCUT2D eigenvalue weighted by Gasteiger charge is -2.44. The van der Waals surface area contributed by atoms with Gasteiger partial charge in [-0.15, -0.1) is 0 Å². The van der Waals surface area contributed by atoms with Crippen molar-refractivity contribution >= 4 is 29.7 Å². The van der Waals surface area contributed by atoms with E-state index in [0.29, 0.717) is 12.1 Å². The van der Waals surface area contributed by atoms with Crippen molar-refractivity contribution in [3.8, 4) is 0 Å². The summed E-state index contributed by atoms with van der Waals surface area (Å²) in [5, 5.41) is 6.45. The van der Waals surface area contributed by atoms with Gasteiger partial charge in [-0.3, -0.25) is 28.9 Å². The van der Waals surface area contributed by atoms with Crippen LogP contribution in [0.2, 0.25) is 0 Å². The van der Waals surface area contributed by atoms with Gasteiger partial charge in [-0.2, -0.15) is 0 Å². The van der Waals surface area contributed by atoms with Crippen molar-refractivity contribution in [1.82, 2.24) is 25.5 Å². The summed E-state index contributed by atoms with van der Waals surface area (Å²) >= 11 is 0. The second-order valence-electron chi connectivity index (χ2n) is 8.78. The van der Waals surface area contributed by atoms with Crippen LogP contribution in [0.25, 0.3) is 0 Å². The first-order chi connectivity index (χ1) is 17.8. The average Bonchev–Trinajstić information content (AvgIpc) is 2.92. The summed E-state index contributed by atoms with van der Waals surface area (Å²) in [5.74, 6) is -2.76. The molecule has 2 aromatic rings.